The van der Waals surface area contributed by atoms with E-state index in [2.05, 4.69) is 16.0 Å². The fourth-order valence-corrected chi connectivity index (χ4v) is 2.13. The van der Waals surface area contributed by atoms with E-state index < -0.39 is 6.04 Å². The first kappa shape index (κ1) is 15.3. The van der Waals surface area contributed by atoms with Gasteiger partial charge in [0.2, 0.25) is 11.8 Å². The van der Waals surface area contributed by atoms with Crippen molar-refractivity contribution in [2.45, 2.75) is 32.4 Å². The van der Waals surface area contributed by atoms with Crippen LogP contribution in [0.5, 0.6) is 5.75 Å². The molecule has 114 valence electrons. The molecule has 1 atom stereocenters. The van der Waals surface area contributed by atoms with E-state index in [4.69, 9.17) is 4.74 Å². The Morgan fingerprint density at radius 3 is 2.86 bits per heavy atom. The Labute approximate surface area is 124 Å². The van der Waals surface area contributed by atoms with Crippen LogP contribution in [0.3, 0.4) is 0 Å². The van der Waals surface area contributed by atoms with Crippen molar-refractivity contribution in [3.8, 4) is 5.75 Å². The predicted molar refractivity (Wildman–Crippen MR) is 80.3 cm³/mol. The van der Waals surface area contributed by atoms with E-state index in [-0.39, 0.29) is 24.3 Å². The van der Waals surface area contributed by atoms with Gasteiger partial charge in [-0.1, -0.05) is 12.1 Å². The molecule has 0 bridgehead atoms. The van der Waals surface area contributed by atoms with E-state index >= 15 is 0 Å². The van der Waals surface area contributed by atoms with Gasteiger partial charge in [-0.05, 0) is 26.0 Å². The average molecular weight is 291 g/mol. The van der Waals surface area contributed by atoms with Crippen LogP contribution in [0.25, 0.3) is 0 Å². The molecule has 1 fully saturated rings. The molecule has 1 aliphatic heterocycles. The normalized spacial score (nSPS) is 18.2. The van der Waals surface area contributed by atoms with E-state index in [0.29, 0.717) is 24.5 Å². The number of nitrogens with one attached hydrogen (secondary N) is 3. The summed E-state index contributed by atoms with van der Waals surface area (Å²) in [5.41, 5.74) is 0.618. The Hall–Kier alpha value is -2.08. The molecule has 2 amide bonds. The molecule has 0 aromatic heterocycles. The van der Waals surface area contributed by atoms with Gasteiger partial charge in [-0.2, -0.15) is 0 Å². The number of benzene rings is 1. The van der Waals surface area contributed by atoms with Gasteiger partial charge in [0.05, 0.1) is 24.3 Å². The minimum atomic E-state index is -0.475. The quantitative estimate of drug-likeness (QED) is 0.753. The van der Waals surface area contributed by atoms with Gasteiger partial charge in [0, 0.05) is 13.1 Å². The standard InChI is InChI=1S/C15H21N3O3/c1-10(2)21-13-6-4-3-5-11(13)18-14(19)9-12-15(20)17-8-7-16-12/h3-6,10,12,16H,7-9H2,1-2H3,(H,17,20)(H,18,19). The van der Waals surface area contributed by atoms with Crippen LogP contribution in [-0.4, -0.2) is 37.0 Å². The zero-order valence-corrected chi connectivity index (χ0v) is 12.3. The number of hydrogen-bond donors (Lipinski definition) is 3. The second kappa shape index (κ2) is 7.08. The fraction of sp³-hybridized carbons (Fsp3) is 0.467. The first-order valence-corrected chi connectivity index (χ1v) is 7.13. The predicted octanol–water partition coefficient (Wildman–Crippen LogP) is 0.890. The second-order valence-electron chi connectivity index (χ2n) is 5.21. The van der Waals surface area contributed by atoms with E-state index in [9.17, 15) is 9.59 Å². The lowest BCUT2D eigenvalue weighted by Crippen LogP contribution is -2.53. The number of para-hydroxylation sites is 2. The summed E-state index contributed by atoms with van der Waals surface area (Å²) in [5, 5.41) is 8.56. The van der Waals surface area contributed by atoms with Gasteiger partial charge < -0.3 is 20.7 Å². The summed E-state index contributed by atoms with van der Waals surface area (Å²) in [6, 6.07) is 6.79. The fourth-order valence-electron chi connectivity index (χ4n) is 2.13. The van der Waals surface area contributed by atoms with Gasteiger partial charge in [0.15, 0.2) is 0 Å². The molecule has 0 spiro atoms. The van der Waals surface area contributed by atoms with Gasteiger partial charge >= 0.3 is 0 Å². The average Bonchev–Trinajstić information content (AvgIpc) is 2.43. The molecule has 6 heteroatoms. The monoisotopic (exact) mass is 291 g/mol. The van der Waals surface area contributed by atoms with Crippen LogP contribution in [0.4, 0.5) is 5.69 Å². The van der Waals surface area contributed by atoms with Gasteiger partial charge in [0.25, 0.3) is 0 Å². The number of hydrogen-bond acceptors (Lipinski definition) is 4. The number of anilines is 1. The van der Waals surface area contributed by atoms with Crippen LogP contribution in [0.2, 0.25) is 0 Å². The summed E-state index contributed by atoms with van der Waals surface area (Å²) < 4.78 is 5.65. The molecule has 1 aliphatic rings. The lowest BCUT2D eigenvalue weighted by atomic mass is 10.1. The van der Waals surface area contributed by atoms with Gasteiger partial charge in [-0.25, -0.2) is 0 Å². The van der Waals surface area contributed by atoms with E-state index in [0.717, 1.165) is 0 Å². The van der Waals surface area contributed by atoms with Crippen LogP contribution < -0.4 is 20.7 Å². The smallest absolute Gasteiger partial charge is 0.237 e. The molecule has 1 unspecified atom stereocenters. The highest BCUT2D eigenvalue weighted by Crippen LogP contribution is 2.25. The molecular formula is C15H21N3O3. The molecular weight excluding hydrogens is 270 g/mol. The van der Waals surface area contributed by atoms with Crippen molar-refractivity contribution in [1.29, 1.82) is 0 Å². The first-order valence-electron chi connectivity index (χ1n) is 7.13. The molecule has 0 aliphatic carbocycles. The zero-order chi connectivity index (χ0) is 15.2. The van der Waals surface area contributed by atoms with Crippen LogP contribution in [0.15, 0.2) is 24.3 Å². The molecule has 1 saturated heterocycles. The molecule has 2 rings (SSSR count). The Bertz CT molecular complexity index is 517. The van der Waals surface area contributed by atoms with Crippen LogP contribution in [0, 0.1) is 0 Å². The van der Waals surface area contributed by atoms with Gasteiger partial charge in [-0.3, -0.25) is 9.59 Å². The van der Waals surface area contributed by atoms with Crippen molar-refractivity contribution >= 4 is 17.5 Å². The van der Waals surface area contributed by atoms with Gasteiger partial charge in [-0.15, -0.1) is 0 Å². The summed E-state index contributed by atoms with van der Waals surface area (Å²) >= 11 is 0. The van der Waals surface area contributed by atoms with Crippen molar-refractivity contribution in [3.05, 3.63) is 24.3 Å². The number of rotatable bonds is 5. The summed E-state index contributed by atoms with van der Waals surface area (Å²) in [6.45, 7) is 5.13. The first-order chi connectivity index (χ1) is 10.1. The maximum absolute atomic E-state index is 12.1. The topological polar surface area (TPSA) is 79.5 Å². The van der Waals surface area contributed by atoms with Crippen molar-refractivity contribution in [3.63, 3.8) is 0 Å². The second-order valence-corrected chi connectivity index (χ2v) is 5.21. The van der Waals surface area contributed by atoms with Crippen LogP contribution >= 0.6 is 0 Å². The Morgan fingerprint density at radius 1 is 1.38 bits per heavy atom. The number of carbonyl (C=O) groups excluding carboxylic acids is 2. The summed E-state index contributed by atoms with van der Waals surface area (Å²) in [6.07, 6.45) is 0.121. The van der Waals surface area contributed by atoms with Crippen molar-refractivity contribution in [2.24, 2.45) is 0 Å². The minimum absolute atomic E-state index is 0.0221. The molecule has 21 heavy (non-hydrogen) atoms. The molecule has 0 radical (unpaired) electrons. The van der Waals surface area contributed by atoms with Crippen molar-refractivity contribution in [1.82, 2.24) is 10.6 Å². The van der Waals surface area contributed by atoms with Crippen molar-refractivity contribution < 1.29 is 14.3 Å². The number of carbonyl (C=O) groups is 2. The summed E-state index contributed by atoms with van der Waals surface area (Å²) in [5.74, 6) is 0.273. The molecule has 3 N–H and O–H groups in total. The SMILES string of the molecule is CC(C)Oc1ccccc1NC(=O)CC1NCCNC1=O. The molecule has 1 heterocycles. The minimum Gasteiger partial charge on any atom is -0.489 e. The summed E-state index contributed by atoms with van der Waals surface area (Å²) in [4.78, 5) is 23.7. The van der Waals surface area contributed by atoms with Crippen molar-refractivity contribution in [2.75, 3.05) is 18.4 Å². The Morgan fingerprint density at radius 2 is 2.14 bits per heavy atom. The lowest BCUT2D eigenvalue weighted by molar-refractivity contribution is -0.127. The van der Waals surface area contributed by atoms with Crippen LogP contribution in [-0.2, 0) is 9.59 Å². The number of amides is 2. The molecule has 0 saturated carbocycles. The highest BCUT2D eigenvalue weighted by atomic mass is 16.5. The van der Waals surface area contributed by atoms with E-state index in [1.54, 1.807) is 12.1 Å². The zero-order valence-electron chi connectivity index (χ0n) is 12.3. The molecule has 6 nitrogen and oxygen atoms in total. The highest BCUT2D eigenvalue weighted by molar-refractivity contribution is 5.96. The third-order valence-corrected chi connectivity index (χ3v) is 3.04. The van der Waals surface area contributed by atoms with Gasteiger partial charge in [0.1, 0.15) is 5.75 Å². The maximum atomic E-state index is 12.1. The maximum Gasteiger partial charge on any atom is 0.237 e. The Balaban J connectivity index is 1.97. The highest BCUT2D eigenvalue weighted by Gasteiger charge is 2.24. The van der Waals surface area contributed by atoms with E-state index in [1.165, 1.54) is 0 Å². The molecule has 1 aromatic carbocycles. The lowest BCUT2D eigenvalue weighted by Gasteiger charge is -2.23. The molecule has 1 aromatic rings. The summed E-state index contributed by atoms with van der Waals surface area (Å²) in [7, 11) is 0. The third kappa shape index (κ3) is 4.46. The number of ether oxygens (including phenoxy) is 1. The number of piperazine rings is 1. The largest absolute Gasteiger partial charge is 0.489 e. The third-order valence-electron chi connectivity index (χ3n) is 3.04. The Kier molecular flexibility index (Phi) is 5.16. The van der Waals surface area contributed by atoms with Crippen LogP contribution in [0.1, 0.15) is 20.3 Å². The van der Waals surface area contributed by atoms with E-state index in [1.807, 2.05) is 26.0 Å².